The van der Waals surface area contributed by atoms with Gasteiger partial charge in [0, 0.05) is 10.0 Å². The number of rotatable bonds is 1. The van der Waals surface area contributed by atoms with E-state index in [-0.39, 0.29) is 5.28 Å². The molecular formula is C11H6BrClN4. The molecule has 0 amide bonds. The highest BCUT2D eigenvalue weighted by atomic mass is 79.9. The fraction of sp³-hybridized carbons (Fsp3) is 0. The molecular weight excluding hydrogens is 304 g/mol. The van der Waals surface area contributed by atoms with Gasteiger partial charge in [0.15, 0.2) is 5.65 Å². The normalized spacial score (nSPS) is 10.9. The molecule has 3 rings (SSSR count). The number of benzene rings is 1. The zero-order valence-corrected chi connectivity index (χ0v) is 10.8. The zero-order valence-electron chi connectivity index (χ0n) is 8.48. The summed E-state index contributed by atoms with van der Waals surface area (Å²) >= 11 is 9.20. The molecule has 0 atom stereocenters. The Morgan fingerprint density at radius 3 is 2.82 bits per heavy atom. The third kappa shape index (κ3) is 1.92. The molecule has 3 aromatic rings. The maximum atomic E-state index is 5.72. The van der Waals surface area contributed by atoms with Crippen LogP contribution in [0, 0.1) is 0 Å². The van der Waals surface area contributed by atoms with Gasteiger partial charge in [-0.15, -0.1) is 0 Å². The Morgan fingerprint density at radius 2 is 2.00 bits per heavy atom. The van der Waals surface area contributed by atoms with Crippen molar-refractivity contribution in [1.29, 1.82) is 0 Å². The van der Waals surface area contributed by atoms with Gasteiger partial charge in [0.05, 0.1) is 6.20 Å². The molecule has 0 saturated carbocycles. The topological polar surface area (TPSA) is 54.5 Å². The SMILES string of the molecule is Clc1ncc2[nH]c(-c3ccccc3Br)nc2n1. The van der Waals surface area contributed by atoms with Crippen molar-refractivity contribution in [3.05, 3.63) is 40.2 Å². The van der Waals surface area contributed by atoms with Crippen LogP contribution in [0.2, 0.25) is 5.28 Å². The lowest BCUT2D eigenvalue weighted by molar-refractivity contribution is 1.20. The second-order valence-electron chi connectivity index (χ2n) is 3.44. The summed E-state index contributed by atoms with van der Waals surface area (Å²) in [6, 6.07) is 7.83. The summed E-state index contributed by atoms with van der Waals surface area (Å²) in [6.45, 7) is 0. The molecule has 17 heavy (non-hydrogen) atoms. The van der Waals surface area contributed by atoms with E-state index in [0.717, 1.165) is 21.4 Å². The molecule has 2 heterocycles. The molecule has 0 aliphatic heterocycles. The lowest BCUT2D eigenvalue weighted by Crippen LogP contribution is -1.82. The number of hydrogen-bond donors (Lipinski definition) is 1. The molecule has 0 aliphatic carbocycles. The highest BCUT2D eigenvalue weighted by Crippen LogP contribution is 2.26. The molecule has 1 aromatic carbocycles. The monoisotopic (exact) mass is 308 g/mol. The number of aromatic nitrogens is 4. The summed E-state index contributed by atoms with van der Waals surface area (Å²) in [5, 5.41) is 0.197. The van der Waals surface area contributed by atoms with Gasteiger partial charge in [0.2, 0.25) is 5.28 Å². The van der Waals surface area contributed by atoms with Gasteiger partial charge >= 0.3 is 0 Å². The first-order valence-corrected chi connectivity index (χ1v) is 6.04. The number of nitrogens with zero attached hydrogens (tertiary/aromatic N) is 3. The summed E-state index contributed by atoms with van der Waals surface area (Å²) < 4.78 is 0.970. The van der Waals surface area contributed by atoms with Gasteiger partial charge in [-0.25, -0.2) is 9.97 Å². The smallest absolute Gasteiger partial charge is 0.224 e. The number of nitrogens with one attached hydrogen (secondary N) is 1. The van der Waals surface area contributed by atoms with Crippen LogP contribution in [0.5, 0.6) is 0 Å². The Balaban J connectivity index is 2.22. The van der Waals surface area contributed by atoms with Crippen LogP contribution in [0.4, 0.5) is 0 Å². The lowest BCUT2D eigenvalue weighted by Gasteiger charge is -1.98. The van der Waals surface area contributed by atoms with E-state index in [1.807, 2.05) is 24.3 Å². The fourth-order valence-electron chi connectivity index (χ4n) is 1.57. The van der Waals surface area contributed by atoms with E-state index in [1.54, 1.807) is 6.20 Å². The van der Waals surface area contributed by atoms with Gasteiger partial charge < -0.3 is 4.98 Å². The number of H-pyrrole nitrogens is 1. The summed E-state index contributed by atoms with van der Waals surface area (Å²) in [5.41, 5.74) is 2.30. The quantitative estimate of drug-likeness (QED) is 0.701. The number of hydrogen-bond acceptors (Lipinski definition) is 3. The van der Waals surface area contributed by atoms with Crippen molar-refractivity contribution in [3.8, 4) is 11.4 Å². The van der Waals surface area contributed by atoms with E-state index in [1.165, 1.54) is 0 Å². The summed E-state index contributed by atoms with van der Waals surface area (Å²) in [5.74, 6) is 0.740. The number of imidazole rings is 1. The van der Waals surface area contributed by atoms with Gasteiger partial charge in [-0.3, -0.25) is 0 Å². The fourth-order valence-corrected chi connectivity index (χ4v) is 2.17. The van der Waals surface area contributed by atoms with E-state index < -0.39 is 0 Å². The van der Waals surface area contributed by atoms with Crippen molar-refractivity contribution >= 4 is 38.7 Å². The van der Waals surface area contributed by atoms with Crippen LogP contribution < -0.4 is 0 Å². The molecule has 0 unspecified atom stereocenters. The van der Waals surface area contributed by atoms with Gasteiger partial charge in [-0.2, -0.15) is 4.98 Å². The highest BCUT2D eigenvalue weighted by molar-refractivity contribution is 9.10. The minimum absolute atomic E-state index is 0.197. The molecule has 0 spiro atoms. The predicted octanol–water partition coefficient (Wildman–Crippen LogP) is 3.44. The Morgan fingerprint density at radius 1 is 1.18 bits per heavy atom. The molecule has 1 N–H and O–H groups in total. The standard InChI is InChI=1S/C11H6BrClN4/c12-7-4-2-1-3-6(7)9-15-8-5-14-11(13)17-10(8)16-9/h1-5H,(H,14,15,16,17). The summed E-state index contributed by atoms with van der Waals surface area (Å²) in [6.07, 6.45) is 1.62. The van der Waals surface area contributed by atoms with Crippen molar-refractivity contribution in [1.82, 2.24) is 19.9 Å². The van der Waals surface area contributed by atoms with Gasteiger partial charge in [0.1, 0.15) is 11.3 Å². The summed E-state index contributed by atoms with van der Waals surface area (Å²) in [7, 11) is 0. The average Bonchev–Trinajstić information content (AvgIpc) is 2.72. The molecule has 6 heteroatoms. The molecule has 84 valence electrons. The van der Waals surface area contributed by atoms with Crippen LogP contribution in [0.1, 0.15) is 0 Å². The first kappa shape index (κ1) is 10.7. The maximum absolute atomic E-state index is 5.72. The molecule has 0 fully saturated rings. The van der Waals surface area contributed by atoms with Crippen LogP contribution in [0.15, 0.2) is 34.9 Å². The van der Waals surface area contributed by atoms with Crippen molar-refractivity contribution in [2.45, 2.75) is 0 Å². The number of aromatic amines is 1. The largest absolute Gasteiger partial charge is 0.335 e. The van der Waals surface area contributed by atoms with Crippen molar-refractivity contribution in [2.75, 3.05) is 0 Å². The van der Waals surface area contributed by atoms with E-state index in [2.05, 4.69) is 35.9 Å². The van der Waals surface area contributed by atoms with Gasteiger partial charge in [-0.05, 0) is 17.7 Å². The minimum atomic E-state index is 0.197. The van der Waals surface area contributed by atoms with Crippen LogP contribution in [-0.2, 0) is 0 Å². The third-order valence-electron chi connectivity index (χ3n) is 2.34. The summed E-state index contributed by atoms with van der Waals surface area (Å²) in [4.78, 5) is 15.5. The first-order valence-electron chi connectivity index (χ1n) is 4.87. The Bertz CT molecular complexity index is 695. The Hall–Kier alpha value is -1.46. The number of halogens is 2. The third-order valence-corrected chi connectivity index (χ3v) is 3.21. The predicted molar refractivity (Wildman–Crippen MR) is 69.8 cm³/mol. The highest BCUT2D eigenvalue weighted by Gasteiger charge is 2.09. The molecule has 0 radical (unpaired) electrons. The second-order valence-corrected chi connectivity index (χ2v) is 4.63. The van der Waals surface area contributed by atoms with Crippen molar-refractivity contribution in [2.24, 2.45) is 0 Å². The lowest BCUT2D eigenvalue weighted by atomic mass is 10.2. The second kappa shape index (κ2) is 4.09. The minimum Gasteiger partial charge on any atom is -0.335 e. The van der Waals surface area contributed by atoms with Gasteiger partial charge in [0.25, 0.3) is 0 Å². The van der Waals surface area contributed by atoms with Crippen LogP contribution >= 0.6 is 27.5 Å². The van der Waals surface area contributed by atoms with E-state index in [4.69, 9.17) is 11.6 Å². The van der Waals surface area contributed by atoms with Crippen LogP contribution in [0.3, 0.4) is 0 Å². The van der Waals surface area contributed by atoms with Crippen LogP contribution in [-0.4, -0.2) is 19.9 Å². The van der Waals surface area contributed by atoms with Crippen molar-refractivity contribution < 1.29 is 0 Å². The van der Waals surface area contributed by atoms with Gasteiger partial charge in [-0.1, -0.05) is 34.1 Å². The first-order chi connectivity index (χ1) is 8.24. The van der Waals surface area contributed by atoms with E-state index in [0.29, 0.717) is 5.65 Å². The molecule has 4 nitrogen and oxygen atoms in total. The maximum Gasteiger partial charge on any atom is 0.224 e. The molecule has 0 aliphatic rings. The van der Waals surface area contributed by atoms with E-state index in [9.17, 15) is 0 Å². The molecule has 2 aromatic heterocycles. The van der Waals surface area contributed by atoms with Crippen LogP contribution in [0.25, 0.3) is 22.6 Å². The van der Waals surface area contributed by atoms with Crippen molar-refractivity contribution in [3.63, 3.8) is 0 Å². The number of fused-ring (bicyclic) bond motifs is 1. The van der Waals surface area contributed by atoms with E-state index >= 15 is 0 Å². The molecule has 0 bridgehead atoms. The zero-order chi connectivity index (χ0) is 11.8. The average molecular weight is 310 g/mol. The Labute approximate surface area is 110 Å². The molecule has 0 saturated heterocycles. The Kier molecular flexibility index (Phi) is 2.57.